The smallest absolute Gasteiger partial charge is 1.00 e. The predicted molar refractivity (Wildman–Crippen MR) is 184 cm³/mol. The van der Waals surface area contributed by atoms with Crippen molar-refractivity contribution in [2.45, 2.75) is 84.1 Å². The molecule has 0 spiro atoms. The van der Waals surface area contributed by atoms with Crippen LogP contribution in [0.4, 0.5) is 0 Å². The minimum absolute atomic E-state index is 0. The Kier molecular flexibility index (Phi) is 9.09. The fourth-order valence-electron chi connectivity index (χ4n) is 8.32. The van der Waals surface area contributed by atoms with Gasteiger partial charge in [-0.25, -0.2) is 0 Å². The third kappa shape index (κ3) is 5.76. The Morgan fingerprint density at radius 2 is 0.867 bits per heavy atom. The summed E-state index contributed by atoms with van der Waals surface area (Å²) in [5.41, 5.74) is 18.0. The van der Waals surface area contributed by atoms with Gasteiger partial charge in [-0.15, -0.1) is 0 Å². The zero-order valence-electron chi connectivity index (χ0n) is 28.1. The van der Waals surface area contributed by atoms with Crippen LogP contribution in [0.2, 0.25) is 9.45 Å². The van der Waals surface area contributed by atoms with E-state index in [-0.39, 0.29) is 35.6 Å². The molecule has 2 unspecified atom stereocenters. The molecule has 3 heteroatoms. The van der Waals surface area contributed by atoms with E-state index in [1.165, 1.54) is 54.0 Å². The molecule has 45 heavy (non-hydrogen) atoms. The molecule has 0 aromatic heterocycles. The van der Waals surface area contributed by atoms with E-state index in [9.17, 15) is 0 Å². The van der Waals surface area contributed by atoms with Crippen LogP contribution >= 0.6 is 0 Å². The van der Waals surface area contributed by atoms with Gasteiger partial charge in [0.1, 0.15) is 0 Å². The number of halogens is 2. The van der Waals surface area contributed by atoms with E-state index in [0.29, 0.717) is 8.45 Å². The van der Waals surface area contributed by atoms with Crippen molar-refractivity contribution in [3.8, 4) is 22.3 Å². The normalized spacial score (nSPS) is 18.8. The molecule has 0 radical (unpaired) electrons. The molecule has 4 aromatic rings. The molecule has 0 nitrogen and oxygen atoms in total. The molecular formula is C42H46Cl2Ti. The first-order chi connectivity index (χ1) is 20.4. The van der Waals surface area contributed by atoms with Crippen molar-refractivity contribution in [1.29, 1.82) is 0 Å². The summed E-state index contributed by atoms with van der Waals surface area (Å²) >= 11 is -2.34. The summed E-state index contributed by atoms with van der Waals surface area (Å²) < 4.78 is 4.25. The molecule has 7 rings (SSSR count). The van der Waals surface area contributed by atoms with Crippen LogP contribution in [-0.4, -0.2) is 0 Å². The maximum atomic E-state index is 2.56. The Balaban J connectivity index is 0.00000200. The molecule has 0 N–H and O–H groups in total. The number of hydrogen-bond acceptors (Lipinski definition) is 0. The molecule has 3 aliphatic rings. The van der Waals surface area contributed by atoms with Crippen molar-refractivity contribution in [3.63, 3.8) is 0 Å². The Bertz CT molecular complexity index is 1660. The van der Waals surface area contributed by atoms with Gasteiger partial charge >= 0.3 is 265 Å². The average Bonchev–Trinajstić information content (AvgIpc) is 3.54. The standard InChI is InChI=1S/2C20H21.C2H4.2ClH.Ti/c2*1-14-12-16-6-5-7-18(19(16)13-14)15-8-10-17(11-9-15)20(2,3)4;1-2;;;/h2*5-13H,1-4H3;1-2H2;2*1H;/q;;;;;+2/p-2. The topological polar surface area (TPSA) is 0 Å². The third-order valence-corrected chi connectivity index (χ3v) is 19.2. The maximum Gasteiger partial charge on any atom is -1.00 e. The number of allylic oxidation sites excluding steroid dienone is 2. The predicted octanol–water partition coefficient (Wildman–Crippen LogP) is 6.24. The molecule has 232 valence electrons. The molecular weight excluding hydrogens is 623 g/mol. The van der Waals surface area contributed by atoms with Crippen LogP contribution in [0.3, 0.4) is 0 Å². The van der Waals surface area contributed by atoms with Crippen molar-refractivity contribution in [1.82, 2.24) is 0 Å². The summed E-state index contributed by atoms with van der Waals surface area (Å²) in [6, 6.07) is 33.0. The van der Waals surface area contributed by atoms with Crippen LogP contribution < -0.4 is 24.8 Å². The van der Waals surface area contributed by atoms with E-state index in [1.807, 2.05) is 0 Å². The summed E-state index contributed by atoms with van der Waals surface area (Å²) in [6.45, 7) is 18.6. The molecule has 2 aliphatic carbocycles. The van der Waals surface area contributed by atoms with Crippen LogP contribution in [0.15, 0.2) is 96.1 Å². The van der Waals surface area contributed by atoms with Crippen molar-refractivity contribution in [2.24, 2.45) is 0 Å². The van der Waals surface area contributed by atoms with Gasteiger partial charge in [-0.2, -0.15) is 0 Å². The number of hydrogen-bond donors (Lipinski definition) is 0. The first-order valence-electron chi connectivity index (χ1n) is 16.2. The Labute approximate surface area is 287 Å². The molecule has 2 atom stereocenters. The molecule has 1 fully saturated rings. The van der Waals surface area contributed by atoms with Crippen LogP contribution in [0.25, 0.3) is 34.4 Å². The SMILES string of the molecule is CC1=Cc2c(-c3ccc(C(C)(C)C)cc3)cccc2[CH]1[Ti+2]1([CH]2C(C)=Cc3c(-c4ccc(C(C)(C)C)cc4)cccc32)[CH2][CH2]1.[Cl-].[Cl-]. The second-order valence-corrected chi connectivity index (χ2v) is 22.9. The largest absolute Gasteiger partial charge is 1.00 e. The molecule has 1 heterocycles. The summed E-state index contributed by atoms with van der Waals surface area (Å²) in [6.07, 6.45) is 5.11. The van der Waals surface area contributed by atoms with Gasteiger partial charge in [0, 0.05) is 0 Å². The van der Waals surface area contributed by atoms with E-state index in [4.69, 9.17) is 0 Å². The van der Waals surface area contributed by atoms with Crippen LogP contribution in [0.1, 0.15) is 97.2 Å². The molecule has 0 saturated carbocycles. The first-order valence-corrected chi connectivity index (χ1v) is 20.2. The van der Waals surface area contributed by atoms with E-state index in [2.05, 4.69) is 152 Å². The van der Waals surface area contributed by atoms with Crippen molar-refractivity contribution in [3.05, 3.63) is 129 Å². The van der Waals surface area contributed by atoms with Crippen molar-refractivity contribution in [2.75, 3.05) is 0 Å². The molecule has 0 bridgehead atoms. The third-order valence-electron chi connectivity index (χ3n) is 10.7. The van der Waals surface area contributed by atoms with Crippen LogP contribution in [0.5, 0.6) is 0 Å². The summed E-state index contributed by atoms with van der Waals surface area (Å²) in [5, 5.41) is 0. The van der Waals surface area contributed by atoms with E-state index in [1.54, 1.807) is 22.3 Å². The minimum Gasteiger partial charge on any atom is -1.00 e. The van der Waals surface area contributed by atoms with Gasteiger partial charge < -0.3 is 24.8 Å². The first kappa shape index (κ1) is 34.0. The van der Waals surface area contributed by atoms with E-state index < -0.39 is 16.6 Å². The molecule has 1 saturated heterocycles. The van der Waals surface area contributed by atoms with E-state index in [0.717, 1.165) is 0 Å². The molecule has 1 aliphatic heterocycles. The summed E-state index contributed by atoms with van der Waals surface area (Å²) in [5.74, 6) is 0. The van der Waals surface area contributed by atoms with Crippen molar-refractivity contribution >= 4 is 12.2 Å². The summed E-state index contributed by atoms with van der Waals surface area (Å²) in [4.78, 5) is 0. The van der Waals surface area contributed by atoms with Gasteiger partial charge in [0.2, 0.25) is 0 Å². The van der Waals surface area contributed by atoms with Gasteiger partial charge in [0.15, 0.2) is 0 Å². The number of rotatable bonds is 4. The Morgan fingerprint density at radius 3 is 1.18 bits per heavy atom. The number of benzene rings is 4. The van der Waals surface area contributed by atoms with Crippen LogP contribution in [-0.2, 0) is 27.4 Å². The maximum absolute atomic E-state index is 2.56. The zero-order chi connectivity index (χ0) is 30.3. The Morgan fingerprint density at radius 1 is 0.511 bits per heavy atom. The van der Waals surface area contributed by atoms with Gasteiger partial charge in [0.05, 0.1) is 0 Å². The zero-order valence-corrected chi connectivity index (χ0v) is 31.1. The Hall–Kier alpha value is -2.35. The minimum atomic E-state index is -2.34. The van der Waals surface area contributed by atoms with Gasteiger partial charge in [-0.1, -0.05) is 0 Å². The summed E-state index contributed by atoms with van der Waals surface area (Å²) in [7, 11) is 0. The van der Waals surface area contributed by atoms with Gasteiger partial charge in [-0.05, 0) is 0 Å². The van der Waals surface area contributed by atoms with Crippen LogP contribution in [0, 0.1) is 0 Å². The quantitative estimate of drug-likeness (QED) is 0.226. The fraction of sp³-hybridized carbons (Fsp3) is 0.333. The van der Waals surface area contributed by atoms with Gasteiger partial charge in [-0.3, -0.25) is 0 Å². The van der Waals surface area contributed by atoms with Gasteiger partial charge in [0.25, 0.3) is 0 Å². The molecule has 0 amide bonds. The van der Waals surface area contributed by atoms with Crippen molar-refractivity contribution < 1.29 is 41.4 Å². The second-order valence-electron chi connectivity index (χ2n) is 15.6. The van der Waals surface area contributed by atoms with E-state index >= 15 is 0 Å². The molecule has 4 aromatic carbocycles. The second kappa shape index (κ2) is 12.0. The monoisotopic (exact) mass is 668 g/mol. The average molecular weight is 670 g/mol. The fourth-order valence-corrected chi connectivity index (χ4v) is 18.8. The number of fused-ring (bicyclic) bond motifs is 2.